The number of amides is 1. The van der Waals surface area contributed by atoms with Gasteiger partial charge in [0, 0.05) is 51.7 Å². The second-order valence-corrected chi connectivity index (χ2v) is 8.22. The number of hydrogen-bond acceptors (Lipinski definition) is 5. The van der Waals surface area contributed by atoms with E-state index in [1.807, 2.05) is 30.6 Å². The number of carbonyl (C=O) groups is 1. The number of carbonyl (C=O) groups excluding carboxylic acids is 1. The molecule has 1 N–H and O–H groups in total. The van der Waals surface area contributed by atoms with Crippen molar-refractivity contribution in [2.24, 2.45) is 5.92 Å². The van der Waals surface area contributed by atoms with E-state index in [1.165, 1.54) is 5.56 Å². The van der Waals surface area contributed by atoms with E-state index in [1.54, 1.807) is 0 Å². The zero-order chi connectivity index (χ0) is 21.2. The topological polar surface area (TPSA) is 57.7 Å². The molecule has 6 heteroatoms. The lowest BCUT2D eigenvalue weighted by molar-refractivity contribution is -0.117. The minimum Gasteiger partial charge on any atom is -0.381 e. The molecule has 1 aromatic heterocycles. The molecule has 0 radical (unpaired) electrons. The molecule has 2 aromatic rings. The van der Waals surface area contributed by atoms with Crippen molar-refractivity contribution in [2.75, 3.05) is 56.2 Å². The lowest BCUT2D eigenvalue weighted by Gasteiger charge is -2.37. The molecule has 1 aliphatic heterocycles. The maximum atomic E-state index is 12.3. The molecule has 30 heavy (non-hydrogen) atoms. The summed E-state index contributed by atoms with van der Waals surface area (Å²) in [5.41, 5.74) is 3.32. The summed E-state index contributed by atoms with van der Waals surface area (Å²) in [6.45, 7) is 10.4. The molecule has 0 unspecified atom stereocenters. The maximum absolute atomic E-state index is 12.3. The molecule has 162 valence electrons. The molecule has 0 atom stereocenters. The molecular formula is C24H34N4O2. The number of para-hydroxylation sites is 2. The molecule has 2 heterocycles. The van der Waals surface area contributed by atoms with Gasteiger partial charge in [0.05, 0.1) is 24.4 Å². The van der Waals surface area contributed by atoms with Crippen molar-refractivity contribution in [1.82, 2.24) is 9.88 Å². The van der Waals surface area contributed by atoms with E-state index in [0.717, 1.165) is 50.5 Å². The second-order valence-electron chi connectivity index (χ2n) is 8.22. The first-order valence-electron chi connectivity index (χ1n) is 10.9. The highest BCUT2D eigenvalue weighted by molar-refractivity contribution is 5.94. The summed E-state index contributed by atoms with van der Waals surface area (Å²) in [5, 5.41) is 3.07. The minimum absolute atomic E-state index is 0.00203. The van der Waals surface area contributed by atoms with Gasteiger partial charge in [-0.05, 0) is 42.2 Å². The van der Waals surface area contributed by atoms with Crippen LogP contribution in [0.15, 0.2) is 48.8 Å². The van der Waals surface area contributed by atoms with E-state index >= 15 is 0 Å². The van der Waals surface area contributed by atoms with Gasteiger partial charge in [-0.3, -0.25) is 14.7 Å². The molecule has 6 nitrogen and oxygen atoms in total. The van der Waals surface area contributed by atoms with E-state index in [9.17, 15) is 4.79 Å². The number of aromatic nitrogens is 1. The third kappa shape index (κ3) is 7.11. The van der Waals surface area contributed by atoms with Crippen molar-refractivity contribution >= 4 is 17.3 Å². The van der Waals surface area contributed by atoms with Crippen LogP contribution in [0, 0.1) is 5.92 Å². The van der Waals surface area contributed by atoms with Gasteiger partial charge < -0.3 is 15.0 Å². The Morgan fingerprint density at radius 2 is 1.83 bits per heavy atom. The molecule has 1 aliphatic rings. The van der Waals surface area contributed by atoms with Crippen molar-refractivity contribution in [2.45, 2.75) is 26.7 Å². The highest BCUT2D eigenvalue weighted by atomic mass is 16.5. The number of piperazine rings is 1. The van der Waals surface area contributed by atoms with Gasteiger partial charge in [-0.25, -0.2) is 0 Å². The monoisotopic (exact) mass is 410 g/mol. The van der Waals surface area contributed by atoms with E-state index in [4.69, 9.17) is 4.74 Å². The predicted octanol–water partition coefficient (Wildman–Crippen LogP) is 3.45. The Morgan fingerprint density at radius 1 is 1.10 bits per heavy atom. The lowest BCUT2D eigenvalue weighted by atomic mass is 10.1. The van der Waals surface area contributed by atoms with Crippen LogP contribution in [0.1, 0.15) is 25.8 Å². The molecule has 1 amide bonds. The third-order valence-corrected chi connectivity index (χ3v) is 5.28. The third-order valence-electron chi connectivity index (χ3n) is 5.28. The number of nitrogens with zero attached hydrogens (tertiary/aromatic N) is 3. The summed E-state index contributed by atoms with van der Waals surface area (Å²) in [5.74, 6) is 0.486. The smallest absolute Gasteiger partial charge is 0.226 e. The molecule has 0 spiro atoms. The number of ether oxygens (including phenoxy) is 1. The zero-order valence-corrected chi connectivity index (χ0v) is 18.2. The number of benzene rings is 1. The summed E-state index contributed by atoms with van der Waals surface area (Å²) < 4.78 is 5.54. The van der Waals surface area contributed by atoms with Gasteiger partial charge in [0.25, 0.3) is 0 Å². The maximum Gasteiger partial charge on any atom is 0.226 e. The second kappa shape index (κ2) is 11.7. The Balaban J connectivity index is 1.47. The molecule has 0 bridgehead atoms. The Morgan fingerprint density at radius 3 is 2.57 bits per heavy atom. The van der Waals surface area contributed by atoms with Crippen molar-refractivity contribution in [3.63, 3.8) is 0 Å². The van der Waals surface area contributed by atoms with Gasteiger partial charge in [-0.2, -0.15) is 0 Å². The summed E-state index contributed by atoms with van der Waals surface area (Å²) in [7, 11) is 0. The quantitative estimate of drug-likeness (QED) is 0.608. The van der Waals surface area contributed by atoms with Crippen LogP contribution in [-0.2, 0) is 16.0 Å². The average Bonchev–Trinajstić information content (AvgIpc) is 2.77. The van der Waals surface area contributed by atoms with Crippen molar-refractivity contribution < 1.29 is 9.53 Å². The Labute approximate surface area is 180 Å². The first kappa shape index (κ1) is 22.2. The zero-order valence-electron chi connectivity index (χ0n) is 18.2. The Bertz CT molecular complexity index is 774. The largest absolute Gasteiger partial charge is 0.381 e. The number of nitrogens with one attached hydrogen (secondary N) is 1. The minimum atomic E-state index is 0.00203. The van der Waals surface area contributed by atoms with Crippen LogP contribution in [0.3, 0.4) is 0 Å². The number of pyridine rings is 1. The number of hydrogen-bond donors (Lipinski definition) is 1. The summed E-state index contributed by atoms with van der Waals surface area (Å²) in [6.07, 6.45) is 5.14. The summed E-state index contributed by atoms with van der Waals surface area (Å²) in [6, 6.07) is 12.3. The van der Waals surface area contributed by atoms with Gasteiger partial charge in [-0.1, -0.05) is 26.0 Å². The van der Waals surface area contributed by atoms with Gasteiger partial charge in [0.15, 0.2) is 0 Å². The van der Waals surface area contributed by atoms with E-state index in [0.29, 0.717) is 25.6 Å². The van der Waals surface area contributed by atoms with Crippen molar-refractivity contribution in [3.05, 3.63) is 54.4 Å². The molecule has 1 saturated heterocycles. The van der Waals surface area contributed by atoms with Crippen LogP contribution in [0.5, 0.6) is 0 Å². The fourth-order valence-electron chi connectivity index (χ4n) is 3.60. The molecule has 3 rings (SSSR count). The number of rotatable bonds is 10. The summed E-state index contributed by atoms with van der Waals surface area (Å²) in [4.78, 5) is 21.3. The van der Waals surface area contributed by atoms with E-state index in [-0.39, 0.29) is 5.91 Å². The van der Waals surface area contributed by atoms with Crippen LogP contribution in [0.25, 0.3) is 0 Å². The highest BCUT2D eigenvalue weighted by Gasteiger charge is 2.19. The molecular weight excluding hydrogens is 376 g/mol. The standard InChI is InChI=1S/C24H34N4O2/c1-20(2)19-30-18-10-24(29)26-22-5-3-4-6-23(22)28-16-14-27(15-17-28)13-9-21-7-11-25-12-8-21/h3-8,11-12,20H,9-10,13-19H2,1-2H3,(H,26,29). The van der Waals surface area contributed by atoms with Crippen LogP contribution in [0.2, 0.25) is 0 Å². The lowest BCUT2D eigenvalue weighted by Crippen LogP contribution is -2.47. The van der Waals surface area contributed by atoms with Gasteiger partial charge in [0.2, 0.25) is 5.91 Å². The summed E-state index contributed by atoms with van der Waals surface area (Å²) >= 11 is 0. The van der Waals surface area contributed by atoms with Crippen LogP contribution in [0.4, 0.5) is 11.4 Å². The van der Waals surface area contributed by atoms with Crippen LogP contribution >= 0.6 is 0 Å². The fraction of sp³-hybridized carbons (Fsp3) is 0.500. The van der Waals surface area contributed by atoms with E-state index < -0.39 is 0 Å². The fourth-order valence-corrected chi connectivity index (χ4v) is 3.60. The van der Waals surface area contributed by atoms with Gasteiger partial charge in [0.1, 0.15) is 0 Å². The Kier molecular flexibility index (Phi) is 8.66. The molecule has 0 saturated carbocycles. The SMILES string of the molecule is CC(C)COCCC(=O)Nc1ccccc1N1CCN(CCc2ccncc2)CC1. The van der Waals surface area contributed by atoms with Crippen molar-refractivity contribution in [3.8, 4) is 0 Å². The molecule has 0 aliphatic carbocycles. The van der Waals surface area contributed by atoms with Gasteiger partial charge in [-0.15, -0.1) is 0 Å². The normalized spacial score (nSPS) is 14.8. The van der Waals surface area contributed by atoms with Crippen LogP contribution in [-0.4, -0.2) is 61.7 Å². The first-order chi connectivity index (χ1) is 14.6. The molecule has 1 fully saturated rings. The average molecular weight is 411 g/mol. The Hall–Kier alpha value is -2.44. The van der Waals surface area contributed by atoms with Gasteiger partial charge >= 0.3 is 0 Å². The molecule has 1 aromatic carbocycles. The first-order valence-corrected chi connectivity index (χ1v) is 10.9. The number of anilines is 2. The van der Waals surface area contributed by atoms with Crippen LogP contribution < -0.4 is 10.2 Å². The predicted molar refractivity (Wildman–Crippen MR) is 122 cm³/mol. The van der Waals surface area contributed by atoms with E-state index in [2.05, 4.69) is 52.1 Å². The highest BCUT2D eigenvalue weighted by Crippen LogP contribution is 2.26. The van der Waals surface area contributed by atoms with Crippen molar-refractivity contribution in [1.29, 1.82) is 0 Å².